The first-order chi connectivity index (χ1) is 12.6. The van der Waals surface area contributed by atoms with Gasteiger partial charge in [-0.25, -0.2) is 0 Å². The fraction of sp³-hybridized carbons (Fsp3) is 0.429. The van der Waals surface area contributed by atoms with Crippen molar-refractivity contribution >= 4 is 5.96 Å². The summed E-state index contributed by atoms with van der Waals surface area (Å²) in [7, 11) is 3.97. The summed E-state index contributed by atoms with van der Waals surface area (Å²) in [5.74, 6) is 0.811. The fourth-order valence-electron chi connectivity index (χ4n) is 2.74. The number of hydrogen-bond donors (Lipinski definition) is 2. The van der Waals surface area contributed by atoms with Crippen molar-refractivity contribution in [3.05, 3.63) is 65.5 Å². The first-order valence-electron chi connectivity index (χ1n) is 9.19. The molecule has 0 aliphatic rings. The molecule has 2 aromatic rings. The third-order valence-electron chi connectivity index (χ3n) is 4.49. The summed E-state index contributed by atoms with van der Waals surface area (Å²) in [5.41, 5.74) is 3.39. The Labute approximate surface area is 157 Å². The molecule has 0 radical (unpaired) electrons. The number of benzene rings is 1. The van der Waals surface area contributed by atoms with Crippen LogP contribution in [0.25, 0.3) is 0 Å². The highest BCUT2D eigenvalue weighted by atomic mass is 15.2. The molecule has 26 heavy (non-hydrogen) atoms. The minimum Gasteiger partial charge on any atom is -0.356 e. The number of guanidine groups is 1. The lowest BCUT2D eigenvalue weighted by Crippen LogP contribution is -2.39. The molecular weight excluding hydrogens is 322 g/mol. The Kier molecular flexibility index (Phi) is 8.09. The maximum Gasteiger partial charge on any atom is 0.191 e. The zero-order valence-corrected chi connectivity index (χ0v) is 16.4. The molecule has 140 valence electrons. The molecule has 2 rings (SSSR count). The van der Waals surface area contributed by atoms with Gasteiger partial charge in [0.1, 0.15) is 0 Å². The number of aryl methyl sites for hydroxylation is 1. The van der Waals surface area contributed by atoms with Crippen LogP contribution in [-0.4, -0.2) is 42.5 Å². The Morgan fingerprint density at radius 3 is 2.58 bits per heavy atom. The van der Waals surface area contributed by atoms with Crippen LogP contribution in [0.15, 0.2) is 53.5 Å². The summed E-state index contributed by atoms with van der Waals surface area (Å²) in [6.07, 6.45) is 1.05. The molecule has 5 heteroatoms. The van der Waals surface area contributed by atoms with Crippen molar-refractivity contribution in [3.8, 4) is 0 Å². The molecule has 0 aliphatic carbocycles. The molecule has 0 bridgehead atoms. The van der Waals surface area contributed by atoms with Crippen molar-refractivity contribution in [1.29, 1.82) is 0 Å². The van der Waals surface area contributed by atoms with Gasteiger partial charge in [0.2, 0.25) is 0 Å². The van der Waals surface area contributed by atoms with Gasteiger partial charge in [-0.2, -0.15) is 0 Å². The molecule has 0 spiro atoms. The van der Waals surface area contributed by atoms with Gasteiger partial charge in [0.15, 0.2) is 5.96 Å². The highest BCUT2D eigenvalue weighted by Gasteiger charge is 2.09. The third kappa shape index (κ3) is 6.84. The Balaban J connectivity index is 1.71. The van der Waals surface area contributed by atoms with Gasteiger partial charge in [-0.15, -0.1) is 0 Å². The van der Waals surface area contributed by atoms with Gasteiger partial charge in [0.25, 0.3) is 0 Å². The Morgan fingerprint density at radius 1 is 1.12 bits per heavy atom. The summed E-state index contributed by atoms with van der Waals surface area (Å²) in [6, 6.07) is 17.1. The van der Waals surface area contributed by atoms with E-state index in [4.69, 9.17) is 0 Å². The summed E-state index contributed by atoms with van der Waals surface area (Å²) >= 11 is 0. The lowest BCUT2D eigenvalue weighted by molar-refractivity contribution is 0.238. The largest absolute Gasteiger partial charge is 0.356 e. The topological polar surface area (TPSA) is 52.6 Å². The van der Waals surface area contributed by atoms with Crippen molar-refractivity contribution in [2.75, 3.05) is 20.6 Å². The minimum atomic E-state index is 0.485. The van der Waals surface area contributed by atoms with Gasteiger partial charge in [-0.1, -0.05) is 36.4 Å². The summed E-state index contributed by atoms with van der Waals surface area (Å²) in [5, 5.41) is 6.71. The summed E-state index contributed by atoms with van der Waals surface area (Å²) in [6.45, 7) is 6.78. The van der Waals surface area contributed by atoms with E-state index in [1.54, 1.807) is 7.05 Å². The third-order valence-corrected chi connectivity index (χ3v) is 4.49. The van der Waals surface area contributed by atoms with Crippen molar-refractivity contribution in [2.24, 2.45) is 4.99 Å². The van der Waals surface area contributed by atoms with Crippen LogP contribution in [0.3, 0.4) is 0 Å². The molecule has 0 aliphatic heterocycles. The average Bonchev–Trinajstić information content (AvgIpc) is 2.65. The van der Waals surface area contributed by atoms with Crippen LogP contribution < -0.4 is 10.6 Å². The SMILES string of the molecule is CN=C(NCCC(C)N(C)Cc1ccccc1)NCc1cccc(C)n1. The number of pyridine rings is 1. The maximum atomic E-state index is 4.50. The number of nitrogens with one attached hydrogen (secondary N) is 2. The van der Waals surface area contributed by atoms with Crippen LogP contribution >= 0.6 is 0 Å². The lowest BCUT2D eigenvalue weighted by atomic mass is 10.1. The second kappa shape index (κ2) is 10.6. The minimum absolute atomic E-state index is 0.485. The predicted molar refractivity (Wildman–Crippen MR) is 109 cm³/mol. The van der Waals surface area contributed by atoms with Gasteiger partial charge < -0.3 is 10.6 Å². The molecule has 0 saturated carbocycles. The Morgan fingerprint density at radius 2 is 1.88 bits per heavy atom. The lowest BCUT2D eigenvalue weighted by Gasteiger charge is -2.25. The molecule has 5 nitrogen and oxygen atoms in total. The zero-order valence-electron chi connectivity index (χ0n) is 16.4. The molecule has 0 fully saturated rings. The number of aliphatic imine (C=N–C) groups is 1. The average molecular weight is 354 g/mol. The molecular formula is C21H31N5. The first-order valence-corrected chi connectivity index (χ1v) is 9.19. The highest BCUT2D eigenvalue weighted by Crippen LogP contribution is 2.07. The van der Waals surface area contributed by atoms with Crippen molar-refractivity contribution in [2.45, 2.75) is 39.4 Å². The molecule has 1 aromatic heterocycles. The normalized spacial score (nSPS) is 12.9. The maximum absolute atomic E-state index is 4.50. The number of hydrogen-bond acceptors (Lipinski definition) is 3. The Bertz CT molecular complexity index is 684. The number of rotatable bonds is 8. The van der Waals surface area contributed by atoms with E-state index in [9.17, 15) is 0 Å². The van der Waals surface area contributed by atoms with E-state index in [2.05, 4.69) is 69.8 Å². The van der Waals surface area contributed by atoms with Crippen molar-refractivity contribution in [3.63, 3.8) is 0 Å². The molecule has 0 saturated heterocycles. The monoisotopic (exact) mass is 353 g/mol. The molecule has 0 amide bonds. The van der Waals surface area contributed by atoms with Crippen LogP contribution in [0, 0.1) is 6.92 Å². The molecule has 2 N–H and O–H groups in total. The van der Waals surface area contributed by atoms with Crippen LogP contribution in [0.1, 0.15) is 30.3 Å². The number of aromatic nitrogens is 1. The summed E-state index contributed by atoms with van der Waals surface area (Å²) < 4.78 is 0. The molecule has 1 atom stereocenters. The van der Waals surface area contributed by atoms with E-state index in [1.165, 1.54) is 5.56 Å². The van der Waals surface area contributed by atoms with E-state index in [1.807, 2.05) is 25.1 Å². The van der Waals surface area contributed by atoms with Crippen LogP contribution in [0.2, 0.25) is 0 Å². The molecule has 1 aromatic carbocycles. The van der Waals surface area contributed by atoms with E-state index < -0.39 is 0 Å². The van der Waals surface area contributed by atoms with Crippen LogP contribution in [0.5, 0.6) is 0 Å². The van der Waals surface area contributed by atoms with Gasteiger partial charge >= 0.3 is 0 Å². The van der Waals surface area contributed by atoms with Gasteiger partial charge in [0, 0.05) is 31.9 Å². The predicted octanol–water partition coefficient (Wildman–Crippen LogP) is 2.97. The Hall–Kier alpha value is -2.40. The smallest absolute Gasteiger partial charge is 0.191 e. The van der Waals surface area contributed by atoms with E-state index in [-0.39, 0.29) is 0 Å². The van der Waals surface area contributed by atoms with Crippen molar-refractivity contribution in [1.82, 2.24) is 20.5 Å². The van der Waals surface area contributed by atoms with Gasteiger partial charge in [-0.05, 0) is 45.0 Å². The standard InChI is InChI=1S/C21H31N5/c1-17-9-8-12-20(25-17)15-24-21(22-3)23-14-13-18(2)26(4)16-19-10-6-5-7-11-19/h5-12,18H,13-16H2,1-4H3,(H2,22,23,24). The van der Waals surface area contributed by atoms with Gasteiger partial charge in [0.05, 0.1) is 12.2 Å². The molecule has 1 unspecified atom stereocenters. The van der Waals surface area contributed by atoms with Crippen LogP contribution in [-0.2, 0) is 13.1 Å². The van der Waals surface area contributed by atoms with E-state index >= 15 is 0 Å². The zero-order chi connectivity index (χ0) is 18.8. The van der Waals surface area contributed by atoms with Gasteiger partial charge in [-0.3, -0.25) is 14.9 Å². The van der Waals surface area contributed by atoms with Crippen molar-refractivity contribution < 1.29 is 0 Å². The second-order valence-electron chi connectivity index (χ2n) is 6.66. The second-order valence-corrected chi connectivity index (χ2v) is 6.66. The fourth-order valence-corrected chi connectivity index (χ4v) is 2.74. The quantitative estimate of drug-likeness (QED) is 0.566. The summed E-state index contributed by atoms with van der Waals surface area (Å²) in [4.78, 5) is 11.2. The van der Waals surface area contributed by atoms with Crippen LogP contribution in [0.4, 0.5) is 0 Å². The number of nitrogens with zero attached hydrogens (tertiary/aromatic N) is 3. The first kappa shape index (κ1) is 19.9. The molecule has 1 heterocycles. The van der Waals surface area contributed by atoms with E-state index in [0.29, 0.717) is 12.6 Å². The van der Waals surface area contributed by atoms with E-state index in [0.717, 1.165) is 36.9 Å². The highest BCUT2D eigenvalue weighted by molar-refractivity contribution is 5.79.